The van der Waals surface area contributed by atoms with Crippen LogP contribution in [0, 0.1) is 6.57 Å². The first-order valence-electron chi connectivity index (χ1n) is 4.48. The van der Waals surface area contributed by atoms with Crippen LogP contribution in [0.1, 0.15) is 11.1 Å². The van der Waals surface area contributed by atoms with Crippen molar-refractivity contribution in [2.45, 2.75) is 12.8 Å². The zero-order chi connectivity index (χ0) is 9.52. The quantitative estimate of drug-likeness (QED) is 0.691. The lowest BCUT2D eigenvalue weighted by Crippen LogP contribution is -2.02. The predicted octanol–water partition coefficient (Wildman–Crippen LogP) is 1.65. The Hall–Kier alpha value is -1.33. The van der Waals surface area contributed by atoms with Crippen molar-refractivity contribution in [3.63, 3.8) is 0 Å². The van der Waals surface area contributed by atoms with E-state index in [9.17, 15) is 0 Å². The number of benzene rings is 1. The molecular weight excluding hydrogens is 160 g/mol. The summed E-state index contributed by atoms with van der Waals surface area (Å²) in [7, 11) is 0. The van der Waals surface area contributed by atoms with Crippen molar-refractivity contribution >= 4 is 0 Å². The fraction of sp³-hybridized carbons (Fsp3) is 0.364. The van der Waals surface area contributed by atoms with Gasteiger partial charge in [-0.05, 0) is 24.1 Å². The fourth-order valence-electron chi connectivity index (χ4n) is 1.22. The van der Waals surface area contributed by atoms with Gasteiger partial charge in [0.05, 0.1) is 0 Å². The van der Waals surface area contributed by atoms with E-state index in [0.29, 0.717) is 13.1 Å². The first kappa shape index (κ1) is 9.76. The zero-order valence-electron chi connectivity index (χ0n) is 7.66. The average Bonchev–Trinajstić information content (AvgIpc) is 2.17. The second-order valence-electron chi connectivity index (χ2n) is 2.99. The summed E-state index contributed by atoms with van der Waals surface area (Å²) in [5.74, 6) is 0. The molecule has 0 fully saturated rings. The summed E-state index contributed by atoms with van der Waals surface area (Å²) in [5, 5.41) is 0. The summed E-state index contributed by atoms with van der Waals surface area (Å²) < 4.78 is 0. The SMILES string of the molecule is [C-]#[N+]CCc1ccc(CCN)cc1. The van der Waals surface area contributed by atoms with Crippen LogP contribution in [0.25, 0.3) is 4.85 Å². The highest BCUT2D eigenvalue weighted by Crippen LogP contribution is 2.05. The zero-order valence-corrected chi connectivity index (χ0v) is 7.66. The van der Waals surface area contributed by atoms with E-state index in [-0.39, 0.29) is 0 Å². The molecule has 0 aliphatic carbocycles. The van der Waals surface area contributed by atoms with Crippen molar-refractivity contribution < 1.29 is 0 Å². The van der Waals surface area contributed by atoms with E-state index >= 15 is 0 Å². The van der Waals surface area contributed by atoms with Crippen LogP contribution in [0.4, 0.5) is 0 Å². The summed E-state index contributed by atoms with van der Waals surface area (Å²) in [6.07, 6.45) is 1.79. The second-order valence-corrected chi connectivity index (χ2v) is 2.99. The molecule has 1 aromatic rings. The first-order chi connectivity index (χ1) is 6.36. The Morgan fingerprint density at radius 2 is 1.62 bits per heavy atom. The van der Waals surface area contributed by atoms with Gasteiger partial charge in [0.25, 0.3) is 0 Å². The van der Waals surface area contributed by atoms with Gasteiger partial charge in [-0.25, -0.2) is 6.57 Å². The molecule has 1 aromatic carbocycles. The Balaban J connectivity index is 2.54. The summed E-state index contributed by atoms with van der Waals surface area (Å²) in [6.45, 7) is 7.94. The molecule has 2 N–H and O–H groups in total. The van der Waals surface area contributed by atoms with Gasteiger partial charge in [-0.15, -0.1) is 0 Å². The molecule has 68 valence electrons. The average molecular weight is 174 g/mol. The molecule has 2 heteroatoms. The third kappa shape index (κ3) is 3.27. The van der Waals surface area contributed by atoms with E-state index in [2.05, 4.69) is 29.1 Å². The van der Waals surface area contributed by atoms with Gasteiger partial charge in [0.15, 0.2) is 0 Å². The minimum absolute atomic E-state index is 0.580. The van der Waals surface area contributed by atoms with Gasteiger partial charge in [0.2, 0.25) is 6.54 Å². The Labute approximate surface area is 79.2 Å². The normalized spacial score (nSPS) is 9.54. The molecule has 0 heterocycles. The minimum atomic E-state index is 0.580. The lowest BCUT2D eigenvalue weighted by atomic mass is 10.1. The number of hydrogen-bond acceptors (Lipinski definition) is 1. The van der Waals surface area contributed by atoms with Crippen LogP contribution in [-0.4, -0.2) is 13.1 Å². The summed E-state index contributed by atoms with van der Waals surface area (Å²) in [5.41, 5.74) is 7.94. The molecule has 1 rings (SSSR count). The van der Waals surface area contributed by atoms with Crippen LogP contribution in [0.2, 0.25) is 0 Å². The third-order valence-corrected chi connectivity index (χ3v) is 1.97. The Bertz CT molecular complexity index is 282. The third-order valence-electron chi connectivity index (χ3n) is 1.97. The van der Waals surface area contributed by atoms with Gasteiger partial charge in [0, 0.05) is 6.42 Å². The van der Waals surface area contributed by atoms with E-state index in [4.69, 9.17) is 12.3 Å². The van der Waals surface area contributed by atoms with Gasteiger partial charge in [0.1, 0.15) is 0 Å². The number of nitrogens with two attached hydrogens (primary N) is 1. The number of hydrogen-bond donors (Lipinski definition) is 1. The van der Waals surface area contributed by atoms with Crippen LogP contribution in [0.5, 0.6) is 0 Å². The summed E-state index contributed by atoms with van der Waals surface area (Å²) >= 11 is 0. The van der Waals surface area contributed by atoms with E-state index in [0.717, 1.165) is 12.8 Å². The molecule has 0 spiro atoms. The van der Waals surface area contributed by atoms with Crippen molar-refractivity contribution in [2.24, 2.45) is 5.73 Å². The Kier molecular flexibility index (Phi) is 4.01. The van der Waals surface area contributed by atoms with Crippen molar-refractivity contribution in [3.8, 4) is 0 Å². The standard InChI is InChI=1S/C11H14N2/c1-13-9-7-11-4-2-10(3-5-11)6-8-12/h2-5H,6-9,12H2. The van der Waals surface area contributed by atoms with Crippen LogP contribution < -0.4 is 5.73 Å². The van der Waals surface area contributed by atoms with Gasteiger partial charge in [-0.3, -0.25) is 0 Å². The first-order valence-corrected chi connectivity index (χ1v) is 4.48. The molecule has 2 nitrogen and oxygen atoms in total. The van der Waals surface area contributed by atoms with Crippen LogP contribution in [0.3, 0.4) is 0 Å². The maximum atomic E-state index is 6.67. The molecule has 0 saturated carbocycles. The monoisotopic (exact) mass is 174 g/mol. The number of rotatable bonds is 4. The highest BCUT2D eigenvalue weighted by atomic mass is 14.6. The van der Waals surface area contributed by atoms with Gasteiger partial charge in [-0.2, -0.15) is 0 Å². The predicted molar refractivity (Wildman–Crippen MR) is 54.4 cm³/mol. The summed E-state index contributed by atoms with van der Waals surface area (Å²) in [6, 6.07) is 8.34. The minimum Gasteiger partial charge on any atom is -0.330 e. The van der Waals surface area contributed by atoms with Gasteiger partial charge >= 0.3 is 0 Å². The molecule has 13 heavy (non-hydrogen) atoms. The molecule has 0 saturated heterocycles. The Morgan fingerprint density at radius 1 is 1.08 bits per heavy atom. The molecule has 0 atom stereocenters. The highest BCUT2D eigenvalue weighted by Gasteiger charge is 1.95. The van der Waals surface area contributed by atoms with Crippen molar-refractivity contribution in [1.82, 2.24) is 0 Å². The molecule has 0 amide bonds. The maximum Gasteiger partial charge on any atom is 0.218 e. The molecule has 0 aliphatic rings. The fourth-order valence-corrected chi connectivity index (χ4v) is 1.22. The van der Waals surface area contributed by atoms with Crippen molar-refractivity contribution in [1.29, 1.82) is 0 Å². The lowest BCUT2D eigenvalue weighted by Gasteiger charge is -1.99. The van der Waals surface area contributed by atoms with Crippen molar-refractivity contribution in [3.05, 3.63) is 46.8 Å². The molecule has 0 unspecified atom stereocenters. The Morgan fingerprint density at radius 3 is 2.08 bits per heavy atom. The topological polar surface area (TPSA) is 30.4 Å². The largest absolute Gasteiger partial charge is 0.330 e. The van der Waals surface area contributed by atoms with E-state index < -0.39 is 0 Å². The van der Waals surface area contributed by atoms with Crippen LogP contribution in [-0.2, 0) is 12.8 Å². The van der Waals surface area contributed by atoms with E-state index in [1.807, 2.05) is 0 Å². The highest BCUT2D eigenvalue weighted by molar-refractivity contribution is 5.23. The van der Waals surface area contributed by atoms with Crippen molar-refractivity contribution in [2.75, 3.05) is 13.1 Å². The molecule has 0 aliphatic heterocycles. The van der Waals surface area contributed by atoms with Crippen LogP contribution >= 0.6 is 0 Å². The molecule has 0 bridgehead atoms. The van der Waals surface area contributed by atoms with E-state index in [1.54, 1.807) is 0 Å². The lowest BCUT2D eigenvalue weighted by molar-refractivity contribution is 0.964. The van der Waals surface area contributed by atoms with Crippen LogP contribution in [0.15, 0.2) is 24.3 Å². The van der Waals surface area contributed by atoms with Gasteiger partial charge in [-0.1, -0.05) is 24.3 Å². The summed E-state index contributed by atoms with van der Waals surface area (Å²) in [4.78, 5) is 3.32. The molecule has 0 aromatic heterocycles. The van der Waals surface area contributed by atoms with Gasteiger partial charge < -0.3 is 10.6 Å². The molecular formula is C11H14N2. The maximum absolute atomic E-state index is 6.67. The second kappa shape index (κ2) is 5.34. The van der Waals surface area contributed by atoms with E-state index in [1.165, 1.54) is 11.1 Å². The molecule has 0 radical (unpaired) electrons. The smallest absolute Gasteiger partial charge is 0.218 e. The number of nitrogens with zero attached hydrogens (tertiary/aromatic N) is 1.